The van der Waals surface area contributed by atoms with Crippen LogP contribution in [0.25, 0.3) is 0 Å². The highest BCUT2D eigenvalue weighted by Crippen LogP contribution is 2.34. The second-order valence-corrected chi connectivity index (χ2v) is 3.54. The molecule has 0 spiro atoms. The molecule has 1 saturated heterocycles. The number of halogens is 2. The Labute approximate surface area is 72.5 Å². The van der Waals surface area contributed by atoms with Gasteiger partial charge in [-0.05, 0) is 25.9 Å². The lowest BCUT2D eigenvalue weighted by Gasteiger charge is -2.30. The molecule has 0 radical (unpaired) electrons. The topological polar surface area (TPSA) is 12.0 Å². The fraction of sp³-hybridized carbons (Fsp3) is 1.00. The molecule has 1 nitrogen and oxygen atoms in total. The first-order chi connectivity index (χ1) is 5.67. The van der Waals surface area contributed by atoms with Gasteiger partial charge in [0, 0.05) is 12.3 Å². The van der Waals surface area contributed by atoms with Crippen molar-refractivity contribution in [1.82, 2.24) is 5.32 Å². The number of rotatable bonds is 3. The number of alkyl halides is 2. The summed E-state index contributed by atoms with van der Waals surface area (Å²) in [5, 5.41) is 3.10. The van der Waals surface area contributed by atoms with Gasteiger partial charge in [-0.3, -0.25) is 0 Å². The predicted octanol–water partition coefficient (Wildman–Crippen LogP) is 2.42. The van der Waals surface area contributed by atoms with Crippen molar-refractivity contribution in [2.45, 2.75) is 38.5 Å². The third kappa shape index (κ3) is 2.41. The Kier molecular flexibility index (Phi) is 3.44. The van der Waals surface area contributed by atoms with E-state index in [1.807, 2.05) is 6.92 Å². The van der Waals surface area contributed by atoms with Crippen LogP contribution in [-0.4, -0.2) is 19.0 Å². The fourth-order valence-corrected chi connectivity index (χ4v) is 1.78. The third-order valence-electron chi connectivity index (χ3n) is 2.52. The summed E-state index contributed by atoms with van der Waals surface area (Å²) in [6.45, 7) is 3.32. The standard InChI is InChI=1S/C9H17F2N/c1-2-5-9(10,11)8-3-6-12-7-4-8/h8,12H,2-7H2,1H3. The summed E-state index contributed by atoms with van der Waals surface area (Å²) >= 11 is 0. The minimum atomic E-state index is -2.42. The van der Waals surface area contributed by atoms with Gasteiger partial charge in [0.05, 0.1) is 0 Å². The molecule has 0 saturated carbocycles. The molecule has 0 bridgehead atoms. The highest BCUT2D eigenvalue weighted by atomic mass is 19.3. The minimum Gasteiger partial charge on any atom is -0.317 e. The molecule has 1 rings (SSSR count). The van der Waals surface area contributed by atoms with Gasteiger partial charge in [-0.2, -0.15) is 0 Å². The molecule has 0 unspecified atom stereocenters. The first-order valence-corrected chi connectivity index (χ1v) is 4.75. The molecule has 0 aliphatic carbocycles. The van der Waals surface area contributed by atoms with E-state index in [9.17, 15) is 8.78 Å². The van der Waals surface area contributed by atoms with Crippen LogP contribution in [0.15, 0.2) is 0 Å². The molecule has 1 fully saturated rings. The summed E-state index contributed by atoms with van der Waals surface area (Å²) in [6, 6.07) is 0. The summed E-state index contributed by atoms with van der Waals surface area (Å²) in [6.07, 6.45) is 1.90. The van der Waals surface area contributed by atoms with Crippen LogP contribution in [0.3, 0.4) is 0 Å². The molecule has 0 aromatic rings. The Morgan fingerprint density at radius 1 is 1.33 bits per heavy atom. The minimum absolute atomic E-state index is 0.0532. The van der Waals surface area contributed by atoms with E-state index in [1.54, 1.807) is 0 Å². The summed E-state index contributed by atoms with van der Waals surface area (Å²) in [5.41, 5.74) is 0. The van der Waals surface area contributed by atoms with Crippen molar-refractivity contribution < 1.29 is 8.78 Å². The summed E-state index contributed by atoms with van der Waals surface area (Å²) in [4.78, 5) is 0. The first-order valence-electron chi connectivity index (χ1n) is 4.75. The number of hydrogen-bond acceptors (Lipinski definition) is 1. The molecule has 12 heavy (non-hydrogen) atoms. The van der Waals surface area contributed by atoms with Gasteiger partial charge in [-0.25, -0.2) is 8.78 Å². The van der Waals surface area contributed by atoms with Crippen LogP contribution in [0, 0.1) is 5.92 Å². The Balaban J connectivity index is 2.41. The van der Waals surface area contributed by atoms with Crippen molar-refractivity contribution in [2.75, 3.05) is 13.1 Å². The van der Waals surface area contributed by atoms with Crippen molar-refractivity contribution in [2.24, 2.45) is 5.92 Å². The van der Waals surface area contributed by atoms with Gasteiger partial charge in [0.2, 0.25) is 0 Å². The van der Waals surface area contributed by atoms with Crippen LogP contribution in [0.5, 0.6) is 0 Å². The second kappa shape index (κ2) is 4.17. The zero-order valence-electron chi connectivity index (χ0n) is 7.58. The molecule has 72 valence electrons. The van der Waals surface area contributed by atoms with Gasteiger partial charge in [-0.15, -0.1) is 0 Å². The van der Waals surface area contributed by atoms with E-state index >= 15 is 0 Å². The van der Waals surface area contributed by atoms with Crippen molar-refractivity contribution in [3.8, 4) is 0 Å². The van der Waals surface area contributed by atoms with Crippen molar-refractivity contribution in [3.63, 3.8) is 0 Å². The second-order valence-electron chi connectivity index (χ2n) is 3.54. The predicted molar refractivity (Wildman–Crippen MR) is 45.4 cm³/mol. The molecule has 0 aromatic heterocycles. The van der Waals surface area contributed by atoms with E-state index in [0.29, 0.717) is 19.3 Å². The molecular weight excluding hydrogens is 160 g/mol. The SMILES string of the molecule is CCCC(F)(F)C1CCNCC1. The average molecular weight is 177 g/mol. The van der Waals surface area contributed by atoms with Crippen LogP contribution in [0.2, 0.25) is 0 Å². The van der Waals surface area contributed by atoms with Gasteiger partial charge in [-0.1, -0.05) is 13.3 Å². The van der Waals surface area contributed by atoms with Crippen LogP contribution in [-0.2, 0) is 0 Å². The molecule has 0 amide bonds. The van der Waals surface area contributed by atoms with E-state index in [-0.39, 0.29) is 12.3 Å². The van der Waals surface area contributed by atoms with E-state index < -0.39 is 5.92 Å². The van der Waals surface area contributed by atoms with Crippen LogP contribution in [0.1, 0.15) is 32.6 Å². The van der Waals surface area contributed by atoms with E-state index in [0.717, 1.165) is 13.1 Å². The normalized spacial score (nSPS) is 21.2. The number of nitrogens with one attached hydrogen (secondary N) is 1. The van der Waals surface area contributed by atoms with Crippen LogP contribution in [0.4, 0.5) is 8.78 Å². The highest BCUT2D eigenvalue weighted by Gasteiger charge is 2.38. The zero-order valence-corrected chi connectivity index (χ0v) is 7.58. The monoisotopic (exact) mass is 177 g/mol. The Morgan fingerprint density at radius 3 is 2.42 bits per heavy atom. The molecule has 3 heteroatoms. The van der Waals surface area contributed by atoms with Gasteiger partial charge in [0.25, 0.3) is 5.92 Å². The Morgan fingerprint density at radius 2 is 1.92 bits per heavy atom. The lowest BCUT2D eigenvalue weighted by Crippen LogP contribution is -2.37. The van der Waals surface area contributed by atoms with Crippen molar-refractivity contribution in [3.05, 3.63) is 0 Å². The summed E-state index contributed by atoms with van der Waals surface area (Å²) in [7, 11) is 0. The third-order valence-corrected chi connectivity index (χ3v) is 2.52. The lowest BCUT2D eigenvalue weighted by atomic mass is 9.89. The van der Waals surface area contributed by atoms with Gasteiger partial charge in [0.1, 0.15) is 0 Å². The van der Waals surface area contributed by atoms with Gasteiger partial charge in [0.15, 0.2) is 0 Å². The van der Waals surface area contributed by atoms with Gasteiger partial charge < -0.3 is 5.32 Å². The summed E-state index contributed by atoms with van der Waals surface area (Å²) < 4.78 is 26.6. The molecule has 1 aliphatic heterocycles. The average Bonchev–Trinajstić information content (AvgIpc) is 2.06. The highest BCUT2D eigenvalue weighted by molar-refractivity contribution is 4.80. The van der Waals surface area contributed by atoms with Gasteiger partial charge >= 0.3 is 0 Å². The molecule has 0 atom stereocenters. The molecule has 1 N–H and O–H groups in total. The number of hydrogen-bond donors (Lipinski definition) is 1. The first kappa shape index (κ1) is 9.90. The largest absolute Gasteiger partial charge is 0.317 e. The quantitative estimate of drug-likeness (QED) is 0.698. The Hall–Kier alpha value is -0.180. The molecular formula is C9H17F2N. The fourth-order valence-electron chi connectivity index (χ4n) is 1.78. The maximum Gasteiger partial charge on any atom is 0.251 e. The van der Waals surface area contributed by atoms with E-state index in [4.69, 9.17) is 0 Å². The maximum absolute atomic E-state index is 13.3. The van der Waals surface area contributed by atoms with Crippen LogP contribution < -0.4 is 5.32 Å². The van der Waals surface area contributed by atoms with Crippen molar-refractivity contribution >= 4 is 0 Å². The van der Waals surface area contributed by atoms with E-state index in [1.165, 1.54) is 0 Å². The Bertz CT molecular complexity index is 130. The lowest BCUT2D eigenvalue weighted by molar-refractivity contribution is -0.0753. The number of piperidine rings is 1. The van der Waals surface area contributed by atoms with Crippen molar-refractivity contribution in [1.29, 1.82) is 0 Å². The molecule has 0 aromatic carbocycles. The summed E-state index contributed by atoms with van der Waals surface area (Å²) in [5.74, 6) is -2.80. The molecule has 1 heterocycles. The maximum atomic E-state index is 13.3. The zero-order chi connectivity index (χ0) is 9.03. The molecule has 1 aliphatic rings. The van der Waals surface area contributed by atoms with Crippen LogP contribution >= 0.6 is 0 Å². The van der Waals surface area contributed by atoms with E-state index in [2.05, 4.69) is 5.32 Å². The smallest absolute Gasteiger partial charge is 0.251 e.